The van der Waals surface area contributed by atoms with E-state index in [2.05, 4.69) is 22.6 Å². The smallest absolute Gasteiger partial charge is 0.264 e. The first-order chi connectivity index (χ1) is 17.8. The number of anilines is 1. The Morgan fingerprint density at radius 2 is 1.76 bits per heavy atom. The van der Waals surface area contributed by atoms with Gasteiger partial charge in [0.2, 0.25) is 5.91 Å². The van der Waals surface area contributed by atoms with Crippen molar-refractivity contribution in [2.75, 3.05) is 18.1 Å². The lowest BCUT2D eigenvalue weighted by molar-refractivity contribution is -0.139. The first kappa shape index (κ1) is 27.0. The molecule has 3 aromatic rings. The molecule has 7 heteroatoms. The minimum absolute atomic E-state index is 0.106. The second-order valence-electron chi connectivity index (χ2n) is 9.25. The van der Waals surface area contributed by atoms with Crippen molar-refractivity contribution in [1.29, 1.82) is 0 Å². The van der Waals surface area contributed by atoms with E-state index in [4.69, 9.17) is 0 Å². The van der Waals surface area contributed by atoms with Gasteiger partial charge in [0.05, 0.1) is 18.8 Å². The SMILES string of the molecule is C[C@@H](/C=C/CC(=O)N(CCO)Cc1ccccc1)[C@]1(O)C(=O)N(Cc2cccc(I)c2)c2ccccc21. The van der Waals surface area contributed by atoms with Gasteiger partial charge >= 0.3 is 0 Å². The lowest BCUT2D eigenvalue weighted by atomic mass is 9.83. The Balaban J connectivity index is 1.49. The number of rotatable bonds is 10. The van der Waals surface area contributed by atoms with Gasteiger partial charge in [0.15, 0.2) is 5.60 Å². The van der Waals surface area contributed by atoms with E-state index in [0.29, 0.717) is 24.3 Å². The number of para-hydroxylation sites is 1. The Labute approximate surface area is 231 Å². The molecule has 0 fully saturated rings. The van der Waals surface area contributed by atoms with Crippen molar-refractivity contribution in [3.63, 3.8) is 0 Å². The first-order valence-electron chi connectivity index (χ1n) is 12.3. The molecule has 37 heavy (non-hydrogen) atoms. The van der Waals surface area contributed by atoms with E-state index in [1.807, 2.05) is 72.8 Å². The van der Waals surface area contributed by atoms with Gasteiger partial charge in [0, 0.05) is 34.6 Å². The predicted octanol–water partition coefficient (Wildman–Crippen LogP) is 4.63. The number of carbonyl (C=O) groups is 2. The molecule has 192 valence electrons. The highest BCUT2D eigenvalue weighted by molar-refractivity contribution is 14.1. The molecule has 0 aromatic heterocycles. The summed E-state index contributed by atoms with van der Waals surface area (Å²) in [7, 11) is 0. The van der Waals surface area contributed by atoms with Crippen LogP contribution in [0.1, 0.15) is 30.0 Å². The highest BCUT2D eigenvalue weighted by Crippen LogP contribution is 2.45. The normalized spacial score (nSPS) is 17.7. The molecule has 1 aliphatic rings. The summed E-state index contributed by atoms with van der Waals surface area (Å²) in [6.45, 7) is 2.67. The summed E-state index contributed by atoms with van der Waals surface area (Å²) in [6.07, 6.45) is 3.55. The van der Waals surface area contributed by atoms with Crippen molar-refractivity contribution < 1.29 is 19.8 Å². The molecule has 0 spiro atoms. The number of aliphatic hydroxyl groups is 2. The third-order valence-electron chi connectivity index (χ3n) is 6.72. The third kappa shape index (κ3) is 5.95. The molecular weight excluding hydrogens is 579 g/mol. The lowest BCUT2D eigenvalue weighted by Crippen LogP contribution is -2.44. The molecule has 1 aliphatic heterocycles. The van der Waals surface area contributed by atoms with Gasteiger partial charge in [-0.05, 0) is 51.9 Å². The van der Waals surface area contributed by atoms with Gasteiger partial charge < -0.3 is 20.0 Å². The summed E-state index contributed by atoms with van der Waals surface area (Å²) in [4.78, 5) is 29.8. The summed E-state index contributed by atoms with van der Waals surface area (Å²) in [5.41, 5.74) is 1.50. The molecule has 0 radical (unpaired) electrons. The minimum atomic E-state index is -1.73. The zero-order valence-corrected chi connectivity index (χ0v) is 22.9. The van der Waals surface area contributed by atoms with Crippen LogP contribution in [0.4, 0.5) is 5.69 Å². The van der Waals surface area contributed by atoms with Gasteiger partial charge in [-0.25, -0.2) is 0 Å². The second-order valence-corrected chi connectivity index (χ2v) is 10.5. The van der Waals surface area contributed by atoms with E-state index < -0.39 is 11.5 Å². The topological polar surface area (TPSA) is 81.1 Å². The minimum Gasteiger partial charge on any atom is -0.395 e. The molecule has 4 rings (SSSR count). The van der Waals surface area contributed by atoms with E-state index in [9.17, 15) is 19.8 Å². The summed E-state index contributed by atoms with van der Waals surface area (Å²) >= 11 is 2.24. The number of amides is 2. The van der Waals surface area contributed by atoms with Crippen LogP contribution in [0.15, 0.2) is 91.0 Å². The first-order valence-corrected chi connectivity index (χ1v) is 13.4. The highest BCUT2D eigenvalue weighted by atomic mass is 127. The highest BCUT2D eigenvalue weighted by Gasteiger charge is 2.52. The van der Waals surface area contributed by atoms with Crippen LogP contribution in [0.5, 0.6) is 0 Å². The maximum Gasteiger partial charge on any atom is 0.264 e. The molecule has 2 atom stereocenters. The number of hydrogen-bond acceptors (Lipinski definition) is 4. The summed E-state index contributed by atoms with van der Waals surface area (Å²) in [5.74, 6) is -1.07. The maximum atomic E-state index is 13.6. The van der Waals surface area contributed by atoms with Gasteiger partial charge in [-0.1, -0.05) is 79.7 Å². The van der Waals surface area contributed by atoms with Crippen LogP contribution < -0.4 is 4.90 Å². The number of hydrogen-bond donors (Lipinski definition) is 2. The number of benzene rings is 3. The standard InChI is InChI=1S/C30H31IN2O4/c1-22(9-7-16-28(35)32(17-18-34)20-23-10-3-2-4-11-23)30(37)26-14-5-6-15-27(26)33(29(30)36)21-24-12-8-13-25(31)19-24/h2-15,19,22,34,37H,16-18,20-21H2,1H3/b9-7+/t22-,30+/m0/s1. The Morgan fingerprint density at radius 3 is 2.49 bits per heavy atom. The number of carbonyl (C=O) groups excluding carboxylic acids is 2. The van der Waals surface area contributed by atoms with Gasteiger partial charge in [0.1, 0.15) is 0 Å². The molecule has 2 amide bonds. The quantitative estimate of drug-likeness (QED) is 0.259. The van der Waals surface area contributed by atoms with Crippen LogP contribution in [0, 0.1) is 9.49 Å². The summed E-state index contributed by atoms with van der Waals surface area (Å²) < 4.78 is 1.08. The van der Waals surface area contributed by atoms with Gasteiger partial charge in [-0.2, -0.15) is 0 Å². The molecule has 0 saturated carbocycles. The van der Waals surface area contributed by atoms with E-state index in [0.717, 1.165) is 14.7 Å². The van der Waals surface area contributed by atoms with E-state index in [-0.39, 0.29) is 31.4 Å². The van der Waals surface area contributed by atoms with Crippen molar-refractivity contribution in [2.45, 2.75) is 32.0 Å². The number of fused-ring (bicyclic) bond motifs is 1. The van der Waals surface area contributed by atoms with Crippen molar-refractivity contribution in [3.05, 3.63) is 111 Å². The van der Waals surface area contributed by atoms with Gasteiger partial charge in [-0.15, -0.1) is 0 Å². The number of aliphatic hydroxyl groups excluding tert-OH is 1. The van der Waals surface area contributed by atoms with Crippen LogP contribution in [-0.4, -0.2) is 40.1 Å². The van der Waals surface area contributed by atoms with Gasteiger partial charge in [0.25, 0.3) is 5.91 Å². The monoisotopic (exact) mass is 610 g/mol. The zero-order chi connectivity index (χ0) is 26.4. The van der Waals surface area contributed by atoms with E-state index >= 15 is 0 Å². The Bertz CT molecular complexity index is 1280. The zero-order valence-electron chi connectivity index (χ0n) is 20.8. The second kappa shape index (κ2) is 12.0. The molecule has 0 aliphatic carbocycles. The third-order valence-corrected chi connectivity index (χ3v) is 7.39. The van der Waals surface area contributed by atoms with E-state index in [1.54, 1.807) is 34.9 Å². The van der Waals surface area contributed by atoms with Crippen LogP contribution in [-0.2, 0) is 28.3 Å². The van der Waals surface area contributed by atoms with Crippen LogP contribution >= 0.6 is 22.6 Å². The molecule has 1 heterocycles. The van der Waals surface area contributed by atoms with Gasteiger partial charge in [-0.3, -0.25) is 9.59 Å². The Kier molecular flexibility index (Phi) is 8.79. The van der Waals surface area contributed by atoms with Crippen LogP contribution in [0.2, 0.25) is 0 Å². The Hall–Kier alpha value is -3.01. The number of halogens is 1. The summed E-state index contributed by atoms with van der Waals surface area (Å²) in [6, 6.07) is 24.9. The largest absolute Gasteiger partial charge is 0.395 e. The Morgan fingerprint density at radius 1 is 1.05 bits per heavy atom. The van der Waals surface area contributed by atoms with Crippen molar-refractivity contribution in [3.8, 4) is 0 Å². The fraction of sp³-hybridized carbons (Fsp3) is 0.267. The number of nitrogens with zero attached hydrogens (tertiary/aromatic N) is 2. The average molecular weight is 610 g/mol. The molecule has 0 unspecified atom stereocenters. The molecule has 2 N–H and O–H groups in total. The molecule has 0 saturated heterocycles. The fourth-order valence-corrected chi connectivity index (χ4v) is 5.34. The molecule has 6 nitrogen and oxygen atoms in total. The van der Waals surface area contributed by atoms with Crippen LogP contribution in [0.3, 0.4) is 0 Å². The van der Waals surface area contributed by atoms with Crippen molar-refractivity contribution in [2.24, 2.45) is 5.92 Å². The van der Waals surface area contributed by atoms with Crippen molar-refractivity contribution in [1.82, 2.24) is 4.90 Å². The summed E-state index contributed by atoms with van der Waals surface area (Å²) in [5, 5.41) is 21.2. The van der Waals surface area contributed by atoms with E-state index in [1.165, 1.54) is 0 Å². The van der Waals surface area contributed by atoms with Crippen molar-refractivity contribution >= 4 is 40.1 Å². The molecule has 0 bridgehead atoms. The lowest BCUT2D eigenvalue weighted by Gasteiger charge is -2.28. The maximum absolute atomic E-state index is 13.6. The predicted molar refractivity (Wildman–Crippen MR) is 153 cm³/mol. The molecular formula is C30H31IN2O4. The fourth-order valence-electron chi connectivity index (χ4n) is 4.73. The van der Waals surface area contributed by atoms with Crippen LogP contribution in [0.25, 0.3) is 0 Å². The average Bonchev–Trinajstić information content (AvgIpc) is 3.12. The molecule has 3 aromatic carbocycles.